The molecule has 1 N–H and O–H groups in total. The minimum absolute atomic E-state index is 0.0133. The highest BCUT2D eigenvalue weighted by Crippen LogP contribution is 2.22. The number of hydrogen-bond donors (Lipinski definition) is 1. The molecule has 2 heterocycles. The van der Waals surface area contributed by atoms with Gasteiger partial charge in [0.15, 0.2) is 0 Å². The molecule has 4 rings (SSSR count). The number of likely N-dealkylation sites (tertiary alicyclic amines) is 1. The number of benzene rings is 2. The first-order chi connectivity index (χ1) is 16.6. The van der Waals surface area contributed by atoms with E-state index in [1.807, 2.05) is 25.8 Å². The topological polar surface area (TPSA) is 96.7 Å². The fourth-order valence-electron chi connectivity index (χ4n) is 3.91. The van der Waals surface area contributed by atoms with Crippen molar-refractivity contribution in [2.75, 3.05) is 18.9 Å². The van der Waals surface area contributed by atoms with Gasteiger partial charge in [0, 0.05) is 43.0 Å². The van der Waals surface area contributed by atoms with Crippen LogP contribution in [-0.4, -0.2) is 48.4 Å². The van der Waals surface area contributed by atoms with Gasteiger partial charge in [-0.05, 0) is 68.8 Å². The molecule has 1 aliphatic rings. The number of aryl methyl sites for hydroxylation is 1. The van der Waals surface area contributed by atoms with E-state index in [1.54, 1.807) is 35.0 Å². The van der Waals surface area contributed by atoms with Crippen molar-refractivity contribution in [3.8, 4) is 5.69 Å². The van der Waals surface area contributed by atoms with E-state index in [9.17, 15) is 17.6 Å². The molecule has 1 amide bonds. The van der Waals surface area contributed by atoms with Crippen LogP contribution in [0, 0.1) is 19.7 Å². The van der Waals surface area contributed by atoms with Crippen LogP contribution in [0.2, 0.25) is 0 Å². The van der Waals surface area contributed by atoms with E-state index in [0.717, 1.165) is 24.2 Å². The van der Waals surface area contributed by atoms with Crippen molar-refractivity contribution in [3.63, 3.8) is 0 Å². The number of anilines is 1. The Morgan fingerprint density at radius 2 is 1.91 bits per heavy atom. The summed E-state index contributed by atoms with van der Waals surface area (Å²) in [5.41, 5.74) is 3.32. The van der Waals surface area contributed by atoms with Gasteiger partial charge in [-0.3, -0.25) is 4.79 Å². The predicted molar refractivity (Wildman–Crippen MR) is 134 cm³/mol. The van der Waals surface area contributed by atoms with Gasteiger partial charge in [0.2, 0.25) is 5.91 Å². The smallest absolute Gasteiger partial charge is 0.284 e. The first-order valence-corrected chi connectivity index (χ1v) is 12.5. The lowest BCUT2D eigenvalue weighted by atomic mass is 10.2. The van der Waals surface area contributed by atoms with Gasteiger partial charge in [-0.1, -0.05) is 6.07 Å². The average molecular weight is 496 g/mol. The third kappa shape index (κ3) is 5.48. The summed E-state index contributed by atoms with van der Waals surface area (Å²) < 4.78 is 44.3. The van der Waals surface area contributed by atoms with Crippen LogP contribution < -0.4 is 5.32 Å². The Labute approximate surface area is 203 Å². The minimum atomic E-state index is -3.89. The van der Waals surface area contributed by atoms with E-state index in [-0.39, 0.29) is 10.7 Å². The summed E-state index contributed by atoms with van der Waals surface area (Å²) >= 11 is 0. The number of amidine groups is 1. The van der Waals surface area contributed by atoms with Crippen molar-refractivity contribution >= 4 is 33.5 Å². The molecule has 1 aliphatic heterocycles. The second-order valence-electron chi connectivity index (χ2n) is 8.33. The van der Waals surface area contributed by atoms with Gasteiger partial charge in [-0.2, -0.15) is 13.5 Å². The minimum Gasteiger partial charge on any atom is -0.362 e. The third-order valence-electron chi connectivity index (χ3n) is 5.78. The normalized spacial score (nSPS) is 15.3. The molecule has 0 atom stereocenters. The van der Waals surface area contributed by atoms with Crippen molar-refractivity contribution in [1.82, 2.24) is 14.7 Å². The van der Waals surface area contributed by atoms with Crippen molar-refractivity contribution in [2.45, 2.75) is 31.6 Å². The summed E-state index contributed by atoms with van der Waals surface area (Å²) in [5.74, 6) is -0.216. The Balaban J connectivity index is 1.50. The highest BCUT2D eigenvalue weighted by Gasteiger charge is 2.20. The summed E-state index contributed by atoms with van der Waals surface area (Å²) in [4.78, 5) is 14.4. The molecule has 35 heavy (non-hydrogen) atoms. The number of nitrogens with one attached hydrogen (secondary N) is 1. The zero-order valence-corrected chi connectivity index (χ0v) is 20.5. The Hall–Kier alpha value is -3.79. The molecule has 0 unspecified atom stereocenters. The SMILES string of the molecule is Cc1nn(-c2ccc(F)cc2)c(C)c1/C=C/C(=O)Nc1cccc(S(=O)(=O)/N=C2\CCCN2C)c1. The van der Waals surface area contributed by atoms with Gasteiger partial charge in [0.25, 0.3) is 10.0 Å². The molecular formula is C25H26FN5O3S. The number of sulfonamides is 1. The van der Waals surface area contributed by atoms with Crippen LogP contribution in [0.1, 0.15) is 29.8 Å². The molecule has 10 heteroatoms. The van der Waals surface area contributed by atoms with Crippen molar-refractivity contribution in [3.05, 3.63) is 77.4 Å². The van der Waals surface area contributed by atoms with Crippen LogP contribution in [0.4, 0.5) is 10.1 Å². The zero-order chi connectivity index (χ0) is 25.2. The van der Waals surface area contributed by atoms with Gasteiger partial charge in [-0.25, -0.2) is 9.07 Å². The van der Waals surface area contributed by atoms with Crippen LogP contribution in [0.3, 0.4) is 0 Å². The van der Waals surface area contributed by atoms with Crippen LogP contribution in [0.5, 0.6) is 0 Å². The number of halogens is 1. The lowest BCUT2D eigenvalue weighted by Gasteiger charge is -2.11. The Kier molecular flexibility index (Phi) is 6.83. The number of amides is 1. The van der Waals surface area contributed by atoms with Gasteiger partial charge < -0.3 is 10.2 Å². The lowest BCUT2D eigenvalue weighted by molar-refractivity contribution is -0.111. The van der Waals surface area contributed by atoms with Gasteiger partial charge >= 0.3 is 0 Å². The Morgan fingerprint density at radius 3 is 2.60 bits per heavy atom. The largest absolute Gasteiger partial charge is 0.362 e. The number of hydrogen-bond acceptors (Lipinski definition) is 4. The van der Waals surface area contributed by atoms with Crippen molar-refractivity contribution in [1.29, 1.82) is 0 Å². The second-order valence-corrected chi connectivity index (χ2v) is 9.93. The summed E-state index contributed by atoms with van der Waals surface area (Å²) in [6.45, 7) is 4.46. The Bertz CT molecular complexity index is 1430. The van der Waals surface area contributed by atoms with Gasteiger partial charge in [0.05, 0.1) is 16.3 Å². The zero-order valence-electron chi connectivity index (χ0n) is 19.7. The molecule has 2 aromatic carbocycles. The van der Waals surface area contributed by atoms with Crippen LogP contribution in [0.15, 0.2) is 63.9 Å². The third-order valence-corrected chi connectivity index (χ3v) is 7.08. The molecule has 1 aromatic heterocycles. The maximum Gasteiger partial charge on any atom is 0.284 e. The van der Waals surface area contributed by atoms with Crippen LogP contribution >= 0.6 is 0 Å². The van der Waals surface area contributed by atoms with Gasteiger partial charge in [-0.15, -0.1) is 4.40 Å². The Morgan fingerprint density at radius 1 is 1.17 bits per heavy atom. The molecule has 0 radical (unpaired) electrons. The molecule has 0 aliphatic carbocycles. The molecular weight excluding hydrogens is 469 g/mol. The fourth-order valence-corrected chi connectivity index (χ4v) is 5.05. The van der Waals surface area contributed by atoms with Crippen molar-refractivity contribution < 1.29 is 17.6 Å². The maximum absolute atomic E-state index is 13.2. The first kappa shape index (κ1) is 24.3. The molecule has 0 bridgehead atoms. The molecule has 1 saturated heterocycles. The van der Waals surface area contributed by atoms with Crippen LogP contribution in [0.25, 0.3) is 11.8 Å². The molecule has 3 aromatic rings. The highest BCUT2D eigenvalue weighted by atomic mass is 32.2. The lowest BCUT2D eigenvalue weighted by Crippen LogP contribution is -2.20. The second kappa shape index (κ2) is 9.83. The number of nitrogens with zero attached hydrogens (tertiary/aromatic N) is 4. The first-order valence-electron chi connectivity index (χ1n) is 11.1. The number of carbonyl (C=O) groups excluding carboxylic acids is 1. The molecule has 1 fully saturated rings. The molecule has 0 spiro atoms. The fraction of sp³-hybridized carbons (Fsp3) is 0.240. The summed E-state index contributed by atoms with van der Waals surface area (Å²) in [7, 11) is -2.07. The molecule has 0 saturated carbocycles. The molecule has 8 nitrogen and oxygen atoms in total. The van der Waals surface area contributed by atoms with E-state index in [4.69, 9.17) is 0 Å². The van der Waals surface area contributed by atoms with Crippen molar-refractivity contribution in [2.24, 2.45) is 4.40 Å². The summed E-state index contributed by atoms with van der Waals surface area (Å²) in [5, 5.41) is 7.18. The number of carbonyl (C=O) groups is 1. The maximum atomic E-state index is 13.2. The van der Waals surface area contributed by atoms with E-state index < -0.39 is 15.9 Å². The summed E-state index contributed by atoms with van der Waals surface area (Å²) in [6.07, 6.45) is 4.50. The van der Waals surface area contributed by atoms with E-state index >= 15 is 0 Å². The highest BCUT2D eigenvalue weighted by molar-refractivity contribution is 7.90. The van der Waals surface area contributed by atoms with Crippen LogP contribution in [-0.2, 0) is 14.8 Å². The summed E-state index contributed by atoms with van der Waals surface area (Å²) in [6, 6.07) is 12.0. The predicted octanol–water partition coefficient (Wildman–Crippen LogP) is 4.09. The van der Waals surface area contributed by atoms with E-state index in [1.165, 1.54) is 30.3 Å². The van der Waals surface area contributed by atoms with Gasteiger partial charge in [0.1, 0.15) is 11.7 Å². The standard InChI is InChI=1S/C25H26FN5O3S/c1-17-23(18(2)31(28-17)21-11-9-19(26)10-12-21)13-14-25(32)27-20-6-4-7-22(16-20)35(33,34)29-24-8-5-15-30(24)3/h4,6-7,9-14,16H,5,8,15H2,1-3H3,(H,27,32)/b14-13+,29-24+. The quantitative estimate of drug-likeness (QED) is 0.520. The number of rotatable bonds is 6. The van der Waals surface area contributed by atoms with E-state index in [2.05, 4.69) is 14.8 Å². The molecule has 182 valence electrons. The number of aromatic nitrogens is 2. The monoisotopic (exact) mass is 495 g/mol. The average Bonchev–Trinajstić information content (AvgIpc) is 3.34. The van der Waals surface area contributed by atoms with E-state index in [0.29, 0.717) is 29.3 Å².